The molecule has 2 heterocycles. The Balaban J connectivity index is 2.04. The van der Waals surface area contributed by atoms with Crippen LogP contribution < -0.4 is 5.56 Å². The summed E-state index contributed by atoms with van der Waals surface area (Å²) >= 11 is 7.52. The number of benzene rings is 2. The number of carboxylic acids is 1. The van der Waals surface area contributed by atoms with Crippen LogP contribution in [-0.2, 0) is 17.9 Å². The molecule has 4 aromatic rings. The predicted octanol–water partition coefficient (Wildman–Crippen LogP) is 4.41. The van der Waals surface area contributed by atoms with Crippen LogP contribution in [0.3, 0.4) is 0 Å². The van der Waals surface area contributed by atoms with E-state index in [0.29, 0.717) is 36.7 Å². The van der Waals surface area contributed by atoms with Crippen LogP contribution in [0.2, 0.25) is 5.02 Å². The van der Waals surface area contributed by atoms with Crippen LogP contribution in [0.4, 0.5) is 0 Å². The number of pyridine rings is 1. The summed E-state index contributed by atoms with van der Waals surface area (Å²) in [6.45, 7) is -0.139. The number of fused-ring (bicyclic) bond motifs is 1. The Morgan fingerprint density at radius 1 is 1.06 bits per heavy atom. The lowest BCUT2D eigenvalue weighted by Gasteiger charge is -2.18. The lowest BCUT2D eigenvalue weighted by Crippen LogP contribution is -2.28. The van der Waals surface area contributed by atoms with Crippen molar-refractivity contribution < 1.29 is 24.5 Å². The van der Waals surface area contributed by atoms with Crippen LogP contribution in [-0.4, -0.2) is 33.8 Å². The molecule has 0 unspecified atom stereocenters. The van der Waals surface area contributed by atoms with Crippen molar-refractivity contribution in [3.05, 3.63) is 91.7 Å². The van der Waals surface area contributed by atoms with Crippen molar-refractivity contribution in [3.8, 4) is 10.4 Å². The number of carbonyl (C=O) groups is 2. The molecule has 33 heavy (non-hydrogen) atoms. The highest BCUT2D eigenvalue weighted by Gasteiger charge is 2.25. The maximum absolute atomic E-state index is 13.5. The molecule has 0 spiro atoms. The number of aromatic carboxylic acids is 1. The van der Waals surface area contributed by atoms with Gasteiger partial charge in [0.15, 0.2) is 0 Å². The molecular formula is C24H18ClNO6S. The van der Waals surface area contributed by atoms with E-state index < -0.39 is 17.5 Å². The lowest BCUT2D eigenvalue weighted by atomic mass is 10.0. The highest BCUT2D eigenvalue weighted by atomic mass is 35.5. The van der Waals surface area contributed by atoms with Crippen molar-refractivity contribution in [1.29, 1.82) is 0 Å². The number of nitrogens with zero attached hydrogens (tertiary/aromatic N) is 1. The van der Waals surface area contributed by atoms with Gasteiger partial charge in [0, 0.05) is 25.7 Å². The van der Waals surface area contributed by atoms with E-state index in [1.807, 2.05) is 0 Å². The quantitative estimate of drug-likeness (QED) is 0.393. The molecule has 2 N–H and O–H groups in total. The van der Waals surface area contributed by atoms with Crippen molar-refractivity contribution in [2.24, 2.45) is 0 Å². The van der Waals surface area contributed by atoms with Gasteiger partial charge in [0.2, 0.25) is 0 Å². The molecule has 4 rings (SSSR count). The van der Waals surface area contributed by atoms with Gasteiger partial charge < -0.3 is 14.9 Å². The largest absolute Gasteiger partial charge is 0.478 e. The first kappa shape index (κ1) is 22.7. The first-order chi connectivity index (χ1) is 15.8. The number of carboxylic acid groups (broad SMARTS) is 1. The van der Waals surface area contributed by atoms with Crippen molar-refractivity contribution in [3.63, 3.8) is 0 Å². The first-order valence-electron chi connectivity index (χ1n) is 9.80. The van der Waals surface area contributed by atoms with E-state index in [1.54, 1.807) is 42.5 Å². The highest BCUT2D eigenvalue weighted by Crippen LogP contribution is 2.37. The standard InChI is InChI=1S/C24H18ClNO6S/c1-32-24(31)21-20(19-9-7-16(12-27)33-19)18-10-15(25)6-8-17(18)22(28)26(21)11-13-2-4-14(5-3-13)23(29)30/h2-10,27H,11-12H2,1H3,(H,29,30). The monoisotopic (exact) mass is 483 g/mol. The summed E-state index contributed by atoms with van der Waals surface area (Å²) < 4.78 is 6.37. The van der Waals surface area contributed by atoms with Gasteiger partial charge in [0.05, 0.1) is 25.8 Å². The SMILES string of the molecule is COC(=O)c1c(-c2ccc(CO)s2)c2cc(Cl)ccc2c(=O)n1Cc1ccc(C(=O)O)cc1. The Hall–Kier alpha value is -3.46. The van der Waals surface area contributed by atoms with E-state index in [1.165, 1.54) is 35.1 Å². The molecule has 9 heteroatoms. The third-order valence-corrected chi connectivity index (χ3v) is 6.54. The smallest absolute Gasteiger partial charge is 0.355 e. The fourth-order valence-corrected chi connectivity index (χ4v) is 4.76. The van der Waals surface area contributed by atoms with E-state index in [4.69, 9.17) is 21.4 Å². The zero-order valence-corrected chi connectivity index (χ0v) is 18.9. The Morgan fingerprint density at radius 3 is 2.39 bits per heavy atom. The number of aliphatic hydroxyl groups is 1. The lowest BCUT2D eigenvalue weighted by molar-refractivity contribution is 0.0588. The molecule has 0 saturated carbocycles. The molecule has 2 aromatic carbocycles. The van der Waals surface area contributed by atoms with Gasteiger partial charge in [-0.2, -0.15) is 0 Å². The third-order valence-electron chi connectivity index (χ3n) is 5.22. The second kappa shape index (κ2) is 9.19. The van der Waals surface area contributed by atoms with Crippen molar-refractivity contribution in [2.45, 2.75) is 13.2 Å². The molecule has 0 bridgehead atoms. The molecule has 0 amide bonds. The van der Waals surface area contributed by atoms with Crippen LogP contribution in [0.25, 0.3) is 21.2 Å². The van der Waals surface area contributed by atoms with Gasteiger partial charge in [-0.05, 0) is 53.4 Å². The Bertz CT molecular complexity index is 1440. The first-order valence-corrected chi connectivity index (χ1v) is 11.0. The zero-order valence-electron chi connectivity index (χ0n) is 17.4. The number of carbonyl (C=O) groups excluding carboxylic acids is 1. The number of ether oxygens (including phenoxy) is 1. The van der Waals surface area contributed by atoms with Gasteiger partial charge in [-0.1, -0.05) is 23.7 Å². The average molecular weight is 484 g/mol. The van der Waals surface area contributed by atoms with Crippen LogP contribution in [0, 0.1) is 0 Å². The summed E-state index contributed by atoms with van der Waals surface area (Å²) in [7, 11) is 1.23. The van der Waals surface area contributed by atoms with Crippen LogP contribution >= 0.6 is 22.9 Å². The van der Waals surface area contributed by atoms with Crippen LogP contribution in [0.15, 0.2) is 59.4 Å². The van der Waals surface area contributed by atoms with Crippen molar-refractivity contribution in [1.82, 2.24) is 4.57 Å². The zero-order chi connectivity index (χ0) is 23.7. The second-order valence-corrected chi connectivity index (χ2v) is 8.83. The second-order valence-electron chi connectivity index (χ2n) is 7.22. The number of rotatable bonds is 6. The summed E-state index contributed by atoms with van der Waals surface area (Å²) in [4.78, 5) is 39.0. The molecule has 7 nitrogen and oxygen atoms in total. The normalized spacial score (nSPS) is 11.0. The third kappa shape index (κ3) is 4.28. The number of thiophene rings is 1. The van der Waals surface area contributed by atoms with E-state index in [-0.39, 0.29) is 24.4 Å². The number of esters is 1. The topological polar surface area (TPSA) is 106 Å². The number of aliphatic hydroxyl groups excluding tert-OH is 1. The molecule has 0 saturated heterocycles. The number of hydrogen-bond donors (Lipinski definition) is 2. The highest BCUT2D eigenvalue weighted by molar-refractivity contribution is 7.15. The molecule has 0 atom stereocenters. The van der Waals surface area contributed by atoms with Gasteiger partial charge in [-0.15, -0.1) is 11.3 Å². The van der Waals surface area contributed by atoms with Gasteiger partial charge in [0.25, 0.3) is 5.56 Å². The average Bonchev–Trinajstić information content (AvgIpc) is 3.29. The molecule has 168 valence electrons. The minimum atomic E-state index is -1.06. The fourth-order valence-electron chi connectivity index (χ4n) is 3.66. The number of methoxy groups -OCH3 is 1. The van der Waals surface area contributed by atoms with Crippen molar-refractivity contribution in [2.75, 3.05) is 7.11 Å². The maximum atomic E-state index is 13.5. The summed E-state index contributed by atoms with van der Waals surface area (Å²) in [6.07, 6.45) is 0. The van der Waals surface area contributed by atoms with Gasteiger partial charge >= 0.3 is 11.9 Å². The maximum Gasteiger partial charge on any atom is 0.355 e. The molecule has 2 aromatic heterocycles. The van der Waals surface area contributed by atoms with E-state index in [9.17, 15) is 19.5 Å². The fraction of sp³-hybridized carbons (Fsp3) is 0.125. The van der Waals surface area contributed by atoms with E-state index >= 15 is 0 Å². The van der Waals surface area contributed by atoms with E-state index in [0.717, 1.165) is 0 Å². The Labute approximate surface area is 197 Å². The van der Waals surface area contributed by atoms with E-state index in [2.05, 4.69) is 0 Å². The molecular weight excluding hydrogens is 466 g/mol. The van der Waals surface area contributed by atoms with Gasteiger partial charge in [-0.25, -0.2) is 9.59 Å². The molecule has 0 aliphatic heterocycles. The van der Waals surface area contributed by atoms with Gasteiger partial charge in [0.1, 0.15) is 5.69 Å². The van der Waals surface area contributed by atoms with Gasteiger partial charge in [-0.3, -0.25) is 9.36 Å². The van der Waals surface area contributed by atoms with Crippen molar-refractivity contribution >= 4 is 45.6 Å². The number of aromatic nitrogens is 1. The molecule has 0 aliphatic carbocycles. The number of halogens is 1. The summed E-state index contributed by atoms with van der Waals surface area (Å²) in [5.74, 6) is -1.76. The summed E-state index contributed by atoms with van der Waals surface area (Å²) in [5.41, 5.74) is 0.862. The van der Waals surface area contributed by atoms with Crippen LogP contribution in [0.1, 0.15) is 31.3 Å². The summed E-state index contributed by atoms with van der Waals surface area (Å²) in [6, 6.07) is 14.4. The predicted molar refractivity (Wildman–Crippen MR) is 126 cm³/mol. The molecule has 0 radical (unpaired) electrons. The molecule has 0 fully saturated rings. The summed E-state index contributed by atoms with van der Waals surface area (Å²) in [5, 5.41) is 19.9. The molecule has 0 aliphatic rings. The van der Waals surface area contributed by atoms with Crippen LogP contribution in [0.5, 0.6) is 0 Å². The minimum Gasteiger partial charge on any atom is -0.478 e. The minimum absolute atomic E-state index is 0.0208. The Morgan fingerprint density at radius 2 is 1.79 bits per heavy atom. The Kier molecular flexibility index (Phi) is 6.33. The number of hydrogen-bond acceptors (Lipinski definition) is 6.